The summed E-state index contributed by atoms with van der Waals surface area (Å²) in [6.07, 6.45) is 1.38. The lowest BCUT2D eigenvalue weighted by molar-refractivity contribution is -0.146. The van der Waals surface area contributed by atoms with E-state index >= 15 is 0 Å². The average molecular weight is 313 g/mol. The molecule has 1 heterocycles. The Balaban J connectivity index is 2.61. The zero-order chi connectivity index (χ0) is 16.5. The summed E-state index contributed by atoms with van der Waals surface area (Å²) >= 11 is 0. The molecular formula is C15H27N3O4. The van der Waals surface area contributed by atoms with E-state index in [1.165, 1.54) is 6.20 Å². The standard InChI is InChI=1S/C15H27N3O4/c1-5-21-14(19)13(15(20)22-6-2)11-16-18-9-7-17(8-10-18)12(3)4/h11-12,16H,5-10H2,1-4H3. The van der Waals surface area contributed by atoms with Gasteiger partial charge in [0.1, 0.15) is 0 Å². The van der Waals surface area contributed by atoms with Crippen LogP contribution < -0.4 is 5.43 Å². The minimum absolute atomic E-state index is 0.116. The molecule has 22 heavy (non-hydrogen) atoms. The van der Waals surface area contributed by atoms with Crippen molar-refractivity contribution in [3.63, 3.8) is 0 Å². The minimum atomic E-state index is -0.672. The van der Waals surface area contributed by atoms with Gasteiger partial charge >= 0.3 is 11.9 Å². The Hall–Kier alpha value is -1.60. The van der Waals surface area contributed by atoms with Crippen molar-refractivity contribution >= 4 is 11.9 Å². The van der Waals surface area contributed by atoms with Crippen LogP contribution in [-0.4, -0.2) is 67.3 Å². The van der Waals surface area contributed by atoms with Crippen molar-refractivity contribution in [2.45, 2.75) is 33.7 Å². The number of hydrogen-bond donors (Lipinski definition) is 1. The van der Waals surface area contributed by atoms with Crippen molar-refractivity contribution < 1.29 is 19.1 Å². The molecule has 0 aromatic rings. The summed E-state index contributed by atoms with van der Waals surface area (Å²) in [6, 6.07) is 0.521. The number of hydrogen-bond acceptors (Lipinski definition) is 7. The van der Waals surface area contributed by atoms with Gasteiger partial charge in [0.2, 0.25) is 0 Å². The molecule has 0 aliphatic carbocycles. The first kappa shape index (κ1) is 18.4. The van der Waals surface area contributed by atoms with Gasteiger partial charge in [-0.2, -0.15) is 0 Å². The fraction of sp³-hybridized carbons (Fsp3) is 0.733. The van der Waals surface area contributed by atoms with Crippen LogP contribution in [0.3, 0.4) is 0 Å². The zero-order valence-electron chi connectivity index (χ0n) is 13.9. The molecule has 1 fully saturated rings. The molecule has 0 aromatic heterocycles. The van der Waals surface area contributed by atoms with Gasteiger partial charge < -0.3 is 14.9 Å². The molecule has 0 aromatic carbocycles. The van der Waals surface area contributed by atoms with Gasteiger partial charge in [-0.25, -0.2) is 14.6 Å². The summed E-state index contributed by atoms with van der Waals surface area (Å²) in [7, 11) is 0. The van der Waals surface area contributed by atoms with Gasteiger partial charge in [-0.15, -0.1) is 0 Å². The molecule has 0 bridgehead atoms. The monoisotopic (exact) mass is 313 g/mol. The Morgan fingerprint density at radius 3 is 1.95 bits per heavy atom. The second-order valence-electron chi connectivity index (χ2n) is 5.24. The van der Waals surface area contributed by atoms with Crippen LogP contribution in [0.1, 0.15) is 27.7 Å². The van der Waals surface area contributed by atoms with Crippen molar-refractivity contribution in [3.05, 3.63) is 11.8 Å². The highest BCUT2D eigenvalue weighted by molar-refractivity contribution is 6.13. The zero-order valence-corrected chi connectivity index (χ0v) is 13.9. The van der Waals surface area contributed by atoms with E-state index in [2.05, 4.69) is 24.2 Å². The Kier molecular flexibility index (Phi) is 7.90. The summed E-state index contributed by atoms with van der Waals surface area (Å²) in [5.41, 5.74) is 2.89. The number of carbonyl (C=O) groups is 2. The lowest BCUT2D eigenvalue weighted by Crippen LogP contribution is -2.52. The second kappa shape index (κ2) is 9.42. The van der Waals surface area contributed by atoms with Gasteiger partial charge in [0.25, 0.3) is 0 Å². The Bertz CT molecular complexity index is 382. The molecule has 0 saturated carbocycles. The largest absolute Gasteiger partial charge is 0.462 e. The number of nitrogens with zero attached hydrogens (tertiary/aromatic N) is 2. The molecule has 0 amide bonds. The van der Waals surface area contributed by atoms with Crippen LogP contribution in [0.15, 0.2) is 11.8 Å². The van der Waals surface area contributed by atoms with Crippen LogP contribution in [0.5, 0.6) is 0 Å². The van der Waals surface area contributed by atoms with Gasteiger partial charge in [0, 0.05) is 38.4 Å². The number of esters is 2. The van der Waals surface area contributed by atoms with Gasteiger partial charge in [-0.05, 0) is 27.7 Å². The number of carbonyl (C=O) groups excluding carboxylic acids is 2. The summed E-state index contributed by atoms with van der Waals surface area (Å²) in [5, 5.41) is 1.97. The van der Waals surface area contributed by atoms with Crippen molar-refractivity contribution in [2.75, 3.05) is 39.4 Å². The number of rotatable bonds is 7. The van der Waals surface area contributed by atoms with Crippen molar-refractivity contribution in [2.24, 2.45) is 0 Å². The summed E-state index contributed by atoms with van der Waals surface area (Å²) in [4.78, 5) is 26.0. The van der Waals surface area contributed by atoms with E-state index < -0.39 is 11.9 Å². The third-order valence-electron chi connectivity index (χ3n) is 3.43. The van der Waals surface area contributed by atoms with Crippen LogP contribution in [-0.2, 0) is 19.1 Å². The Morgan fingerprint density at radius 2 is 1.55 bits per heavy atom. The van der Waals surface area contributed by atoms with Gasteiger partial charge in [-0.1, -0.05) is 0 Å². The normalized spacial score (nSPS) is 16.2. The molecule has 7 heteroatoms. The average Bonchev–Trinajstić information content (AvgIpc) is 2.48. The molecule has 126 valence electrons. The van der Waals surface area contributed by atoms with E-state index in [0.29, 0.717) is 6.04 Å². The summed E-state index contributed by atoms with van der Waals surface area (Å²) in [5.74, 6) is -1.34. The van der Waals surface area contributed by atoms with E-state index in [1.54, 1.807) is 13.8 Å². The van der Waals surface area contributed by atoms with Crippen LogP contribution in [0, 0.1) is 0 Å². The molecule has 0 spiro atoms. The summed E-state index contributed by atoms with van der Waals surface area (Å²) < 4.78 is 9.77. The fourth-order valence-electron chi connectivity index (χ4n) is 2.14. The minimum Gasteiger partial charge on any atom is -0.462 e. The smallest absolute Gasteiger partial charge is 0.347 e. The lowest BCUT2D eigenvalue weighted by atomic mass is 10.2. The molecular weight excluding hydrogens is 286 g/mol. The van der Waals surface area contributed by atoms with Crippen LogP contribution in [0.25, 0.3) is 0 Å². The molecule has 0 atom stereocenters. The first-order chi connectivity index (χ1) is 10.5. The fourth-order valence-corrected chi connectivity index (χ4v) is 2.14. The number of hydrazine groups is 1. The SMILES string of the molecule is CCOC(=O)C(=CNN1CCN(C(C)C)CC1)C(=O)OCC. The van der Waals surface area contributed by atoms with Crippen LogP contribution in [0.4, 0.5) is 0 Å². The molecule has 0 radical (unpaired) electrons. The van der Waals surface area contributed by atoms with Crippen molar-refractivity contribution in [3.8, 4) is 0 Å². The van der Waals surface area contributed by atoms with E-state index in [-0.39, 0.29) is 18.8 Å². The topological polar surface area (TPSA) is 71.1 Å². The predicted octanol–water partition coefficient (Wildman–Crippen LogP) is 0.527. The molecule has 0 unspecified atom stereocenters. The highest BCUT2D eigenvalue weighted by Crippen LogP contribution is 2.05. The highest BCUT2D eigenvalue weighted by Gasteiger charge is 2.22. The molecule has 1 saturated heterocycles. The van der Waals surface area contributed by atoms with Gasteiger partial charge in [0.05, 0.1) is 13.2 Å². The van der Waals surface area contributed by atoms with Crippen molar-refractivity contribution in [1.82, 2.24) is 15.3 Å². The maximum atomic E-state index is 11.8. The van der Waals surface area contributed by atoms with Crippen LogP contribution in [0.2, 0.25) is 0 Å². The lowest BCUT2D eigenvalue weighted by Gasteiger charge is -2.36. The Morgan fingerprint density at radius 1 is 1.05 bits per heavy atom. The number of ether oxygens (including phenoxy) is 2. The molecule has 1 rings (SSSR count). The van der Waals surface area contributed by atoms with Crippen molar-refractivity contribution in [1.29, 1.82) is 0 Å². The van der Waals surface area contributed by atoms with E-state index in [1.807, 2.05) is 5.01 Å². The number of nitrogens with one attached hydrogen (secondary N) is 1. The van der Waals surface area contributed by atoms with Gasteiger partial charge in [-0.3, -0.25) is 4.90 Å². The maximum absolute atomic E-state index is 11.8. The summed E-state index contributed by atoms with van der Waals surface area (Å²) in [6.45, 7) is 11.6. The number of piperazine rings is 1. The quantitative estimate of drug-likeness (QED) is 0.318. The Labute approximate surface area is 132 Å². The third kappa shape index (κ3) is 5.65. The molecule has 1 aliphatic rings. The predicted molar refractivity (Wildman–Crippen MR) is 82.8 cm³/mol. The van der Waals surface area contributed by atoms with Crippen LogP contribution >= 0.6 is 0 Å². The molecule has 1 aliphatic heterocycles. The molecule has 1 N–H and O–H groups in total. The second-order valence-corrected chi connectivity index (χ2v) is 5.24. The van der Waals surface area contributed by atoms with E-state index in [4.69, 9.17) is 9.47 Å². The van der Waals surface area contributed by atoms with E-state index in [0.717, 1.165) is 26.2 Å². The van der Waals surface area contributed by atoms with E-state index in [9.17, 15) is 9.59 Å². The third-order valence-corrected chi connectivity index (χ3v) is 3.43. The first-order valence-corrected chi connectivity index (χ1v) is 7.79. The molecule has 7 nitrogen and oxygen atoms in total. The maximum Gasteiger partial charge on any atom is 0.347 e. The highest BCUT2D eigenvalue weighted by atomic mass is 16.6. The first-order valence-electron chi connectivity index (χ1n) is 7.79. The van der Waals surface area contributed by atoms with Gasteiger partial charge in [0.15, 0.2) is 5.57 Å².